The third kappa shape index (κ3) is 3.80. The monoisotopic (exact) mass is 339 g/mol. The number of esters is 1. The minimum absolute atomic E-state index is 0.00546. The van der Waals surface area contributed by atoms with Gasteiger partial charge in [0.15, 0.2) is 18.1 Å². The molecule has 0 saturated heterocycles. The number of ketones is 1. The number of oxazole rings is 1. The number of hydrogen-bond donors (Lipinski definition) is 0. The molecule has 0 atom stereocenters. The van der Waals surface area contributed by atoms with E-state index in [1.165, 1.54) is 18.2 Å². The van der Waals surface area contributed by atoms with E-state index in [9.17, 15) is 14.0 Å². The molecule has 0 saturated carbocycles. The molecule has 1 heterocycles. The fourth-order valence-electron chi connectivity index (χ4n) is 2.23. The van der Waals surface area contributed by atoms with E-state index < -0.39 is 24.2 Å². The van der Waals surface area contributed by atoms with E-state index in [0.717, 1.165) is 11.6 Å². The van der Waals surface area contributed by atoms with Crippen LogP contribution in [0.1, 0.15) is 26.6 Å². The van der Waals surface area contributed by atoms with Crippen LogP contribution in [-0.4, -0.2) is 23.3 Å². The van der Waals surface area contributed by atoms with E-state index >= 15 is 0 Å². The Hall–Kier alpha value is -3.28. The molecule has 3 rings (SSSR count). The normalized spacial score (nSPS) is 10.5. The van der Waals surface area contributed by atoms with Gasteiger partial charge in [0.25, 0.3) is 0 Å². The molecule has 0 aliphatic rings. The van der Waals surface area contributed by atoms with Crippen LogP contribution in [0.2, 0.25) is 0 Å². The van der Waals surface area contributed by atoms with Crippen LogP contribution in [0.15, 0.2) is 59.0 Å². The van der Waals surface area contributed by atoms with E-state index in [4.69, 9.17) is 9.15 Å². The number of hydrogen-bond acceptors (Lipinski definition) is 5. The van der Waals surface area contributed by atoms with Gasteiger partial charge in [-0.2, -0.15) is 0 Å². The Morgan fingerprint density at radius 2 is 1.88 bits per heavy atom. The summed E-state index contributed by atoms with van der Waals surface area (Å²) in [5.41, 5.74) is 0.862. The van der Waals surface area contributed by atoms with Crippen molar-refractivity contribution in [2.45, 2.75) is 6.92 Å². The van der Waals surface area contributed by atoms with Crippen LogP contribution in [-0.2, 0) is 4.74 Å². The maximum atomic E-state index is 13.1. The third-order valence-electron chi connectivity index (χ3n) is 3.49. The average Bonchev–Trinajstić information content (AvgIpc) is 3.02. The molecule has 3 aromatic rings. The van der Waals surface area contributed by atoms with Crippen LogP contribution in [0.4, 0.5) is 4.39 Å². The molecule has 2 aromatic carbocycles. The lowest BCUT2D eigenvalue weighted by atomic mass is 10.1. The standard InChI is InChI=1S/C19H14FNO4/c1-12-17(21-18(25-12)13-6-3-2-4-7-13)19(23)24-11-16(22)14-8-5-9-15(20)10-14/h2-10H,11H2,1H3. The van der Waals surface area contributed by atoms with Crippen LogP contribution in [0.3, 0.4) is 0 Å². The molecular formula is C19H14FNO4. The lowest BCUT2D eigenvalue weighted by Crippen LogP contribution is -2.15. The molecule has 0 unspecified atom stereocenters. The van der Waals surface area contributed by atoms with Gasteiger partial charge >= 0.3 is 5.97 Å². The number of aryl methyl sites for hydroxylation is 1. The SMILES string of the molecule is Cc1oc(-c2ccccc2)nc1C(=O)OCC(=O)c1cccc(F)c1. The Labute approximate surface area is 143 Å². The number of carbonyl (C=O) groups excluding carboxylic acids is 2. The molecule has 126 valence electrons. The summed E-state index contributed by atoms with van der Waals surface area (Å²) in [4.78, 5) is 28.2. The van der Waals surface area contributed by atoms with Crippen molar-refractivity contribution in [3.05, 3.63) is 77.4 Å². The molecule has 0 aliphatic heterocycles. The van der Waals surface area contributed by atoms with Crippen molar-refractivity contribution in [2.75, 3.05) is 6.61 Å². The first-order chi connectivity index (χ1) is 12.0. The molecule has 1 aromatic heterocycles. The minimum atomic E-state index is -0.770. The molecule has 5 nitrogen and oxygen atoms in total. The summed E-state index contributed by atoms with van der Waals surface area (Å²) in [6.45, 7) is 1.08. The highest BCUT2D eigenvalue weighted by Crippen LogP contribution is 2.21. The third-order valence-corrected chi connectivity index (χ3v) is 3.49. The van der Waals surface area contributed by atoms with Gasteiger partial charge in [0.1, 0.15) is 11.6 Å². The Balaban J connectivity index is 1.70. The van der Waals surface area contributed by atoms with E-state index in [2.05, 4.69) is 4.98 Å². The fourth-order valence-corrected chi connectivity index (χ4v) is 2.23. The molecule has 0 N–H and O–H groups in total. The van der Waals surface area contributed by atoms with Gasteiger partial charge in [-0.3, -0.25) is 4.79 Å². The summed E-state index contributed by atoms with van der Waals surface area (Å²) in [6.07, 6.45) is 0. The van der Waals surface area contributed by atoms with E-state index in [1.807, 2.05) is 18.2 Å². The quantitative estimate of drug-likeness (QED) is 0.522. The zero-order chi connectivity index (χ0) is 17.8. The van der Waals surface area contributed by atoms with Crippen molar-refractivity contribution in [2.24, 2.45) is 0 Å². The summed E-state index contributed by atoms with van der Waals surface area (Å²) in [7, 11) is 0. The lowest BCUT2D eigenvalue weighted by molar-refractivity contribution is 0.0468. The lowest BCUT2D eigenvalue weighted by Gasteiger charge is -2.03. The molecule has 0 bridgehead atoms. The number of halogens is 1. The van der Waals surface area contributed by atoms with Gasteiger partial charge < -0.3 is 9.15 Å². The number of carbonyl (C=O) groups is 2. The highest BCUT2D eigenvalue weighted by atomic mass is 19.1. The van der Waals surface area contributed by atoms with Crippen molar-refractivity contribution >= 4 is 11.8 Å². The molecule has 0 aliphatic carbocycles. The predicted octanol–water partition coefficient (Wildman–Crippen LogP) is 3.83. The van der Waals surface area contributed by atoms with Crippen molar-refractivity contribution in [3.8, 4) is 11.5 Å². The second-order valence-electron chi connectivity index (χ2n) is 5.30. The Bertz CT molecular complexity index is 918. The number of rotatable bonds is 5. The van der Waals surface area contributed by atoms with E-state index in [-0.39, 0.29) is 11.3 Å². The fraction of sp³-hybridized carbons (Fsp3) is 0.105. The highest BCUT2D eigenvalue weighted by Gasteiger charge is 2.20. The zero-order valence-corrected chi connectivity index (χ0v) is 13.4. The Morgan fingerprint density at radius 3 is 2.60 bits per heavy atom. The molecule has 6 heteroatoms. The molecule has 0 amide bonds. The molecular weight excluding hydrogens is 325 g/mol. The number of Topliss-reactive ketones (excluding diaryl/α,β-unsaturated/α-hetero) is 1. The number of benzene rings is 2. The van der Waals surface area contributed by atoms with Gasteiger partial charge in [0, 0.05) is 11.1 Å². The predicted molar refractivity (Wildman–Crippen MR) is 87.7 cm³/mol. The van der Waals surface area contributed by atoms with E-state index in [1.54, 1.807) is 19.1 Å². The summed E-state index contributed by atoms with van der Waals surface area (Å²) in [6, 6.07) is 14.3. The van der Waals surface area contributed by atoms with Gasteiger partial charge in [-0.1, -0.05) is 30.3 Å². The Morgan fingerprint density at radius 1 is 1.12 bits per heavy atom. The number of nitrogens with zero attached hydrogens (tertiary/aromatic N) is 1. The Kier molecular flexibility index (Phi) is 4.70. The highest BCUT2D eigenvalue weighted by molar-refractivity contribution is 5.99. The number of aromatic nitrogens is 1. The zero-order valence-electron chi connectivity index (χ0n) is 13.4. The maximum Gasteiger partial charge on any atom is 0.361 e. The first-order valence-corrected chi connectivity index (χ1v) is 7.53. The smallest absolute Gasteiger partial charge is 0.361 e. The van der Waals surface area contributed by atoms with Gasteiger partial charge in [0.05, 0.1) is 0 Å². The maximum absolute atomic E-state index is 13.1. The summed E-state index contributed by atoms with van der Waals surface area (Å²) < 4.78 is 23.6. The van der Waals surface area contributed by atoms with Crippen molar-refractivity contribution in [1.29, 1.82) is 0 Å². The number of ether oxygens (including phenoxy) is 1. The largest absolute Gasteiger partial charge is 0.452 e. The molecule has 0 radical (unpaired) electrons. The molecule has 0 fully saturated rings. The van der Waals surface area contributed by atoms with E-state index in [0.29, 0.717) is 11.7 Å². The van der Waals surface area contributed by atoms with Gasteiger partial charge in [-0.15, -0.1) is 0 Å². The topological polar surface area (TPSA) is 69.4 Å². The van der Waals surface area contributed by atoms with Crippen LogP contribution in [0.25, 0.3) is 11.5 Å². The van der Waals surface area contributed by atoms with Crippen LogP contribution >= 0.6 is 0 Å². The summed E-state index contributed by atoms with van der Waals surface area (Å²) in [5.74, 6) is -1.22. The van der Waals surface area contributed by atoms with Gasteiger partial charge in [-0.05, 0) is 31.2 Å². The van der Waals surface area contributed by atoms with Crippen molar-refractivity contribution in [1.82, 2.24) is 4.98 Å². The summed E-state index contributed by atoms with van der Waals surface area (Å²) in [5, 5.41) is 0. The van der Waals surface area contributed by atoms with Crippen LogP contribution in [0, 0.1) is 12.7 Å². The minimum Gasteiger partial charge on any atom is -0.452 e. The molecule has 0 spiro atoms. The second-order valence-corrected chi connectivity index (χ2v) is 5.30. The van der Waals surface area contributed by atoms with Crippen LogP contribution < -0.4 is 0 Å². The first-order valence-electron chi connectivity index (χ1n) is 7.53. The van der Waals surface area contributed by atoms with Crippen LogP contribution in [0.5, 0.6) is 0 Å². The molecule has 25 heavy (non-hydrogen) atoms. The van der Waals surface area contributed by atoms with Gasteiger partial charge in [0.2, 0.25) is 5.89 Å². The van der Waals surface area contributed by atoms with Crippen molar-refractivity contribution in [3.63, 3.8) is 0 Å². The average molecular weight is 339 g/mol. The second kappa shape index (κ2) is 7.09. The van der Waals surface area contributed by atoms with Crippen molar-refractivity contribution < 1.29 is 23.1 Å². The first kappa shape index (κ1) is 16.6. The summed E-state index contributed by atoms with van der Waals surface area (Å²) >= 11 is 0. The van der Waals surface area contributed by atoms with Gasteiger partial charge in [-0.25, -0.2) is 14.2 Å².